The lowest BCUT2D eigenvalue weighted by molar-refractivity contribution is -0.116. The molecule has 2 rings (SSSR count). The van der Waals surface area contributed by atoms with Gasteiger partial charge in [0.2, 0.25) is 11.9 Å². The van der Waals surface area contributed by atoms with E-state index in [-0.39, 0.29) is 11.5 Å². The lowest BCUT2D eigenvalue weighted by Gasteiger charge is -2.08. The lowest BCUT2D eigenvalue weighted by atomic mass is 10.2. The SMILES string of the molecule is CCCC(=O)Nc1cc(C)nn1-c1nc(CCC)cc(=O)[nH]1. The summed E-state index contributed by atoms with van der Waals surface area (Å²) in [7, 11) is 0. The molecule has 2 aromatic rings. The maximum atomic E-state index is 11.8. The van der Waals surface area contributed by atoms with Gasteiger partial charge in [0.25, 0.3) is 5.56 Å². The van der Waals surface area contributed by atoms with Gasteiger partial charge in [0.1, 0.15) is 5.82 Å². The molecule has 118 valence electrons. The van der Waals surface area contributed by atoms with E-state index in [0.29, 0.717) is 30.3 Å². The number of amides is 1. The lowest BCUT2D eigenvalue weighted by Crippen LogP contribution is -2.19. The number of aryl methyl sites for hydroxylation is 2. The molecule has 22 heavy (non-hydrogen) atoms. The van der Waals surface area contributed by atoms with Crippen molar-refractivity contribution in [3.05, 3.63) is 33.9 Å². The predicted molar refractivity (Wildman–Crippen MR) is 84.2 cm³/mol. The van der Waals surface area contributed by atoms with Crippen molar-refractivity contribution in [2.24, 2.45) is 0 Å². The van der Waals surface area contributed by atoms with E-state index in [1.165, 1.54) is 10.7 Å². The van der Waals surface area contributed by atoms with E-state index >= 15 is 0 Å². The minimum Gasteiger partial charge on any atom is -0.310 e. The third kappa shape index (κ3) is 3.81. The highest BCUT2D eigenvalue weighted by molar-refractivity contribution is 5.90. The number of carbonyl (C=O) groups is 1. The van der Waals surface area contributed by atoms with Crippen LogP contribution < -0.4 is 10.9 Å². The zero-order valence-electron chi connectivity index (χ0n) is 13.1. The van der Waals surface area contributed by atoms with Crippen molar-refractivity contribution in [2.45, 2.75) is 46.5 Å². The molecule has 0 fully saturated rings. The van der Waals surface area contributed by atoms with E-state index in [4.69, 9.17) is 0 Å². The van der Waals surface area contributed by atoms with Crippen LogP contribution in [0, 0.1) is 6.92 Å². The van der Waals surface area contributed by atoms with Crippen molar-refractivity contribution in [1.29, 1.82) is 0 Å². The normalized spacial score (nSPS) is 10.7. The Balaban J connectivity index is 2.40. The van der Waals surface area contributed by atoms with Crippen LogP contribution in [-0.4, -0.2) is 25.7 Å². The van der Waals surface area contributed by atoms with Crippen molar-refractivity contribution in [3.8, 4) is 5.95 Å². The van der Waals surface area contributed by atoms with Crippen LogP contribution in [0.3, 0.4) is 0 Å². The number of anilines is 1. The molecule has 0 bridgehead atoms. The summed E-state index contributed by atoms with van der Waals surface area (Å²) in [5.41, 5.74) is 1.21. The molecular formula is C15H21N5O2. The molecule has 0 saturated carbocycles. The molecule has 2 aromatic heterocycles. The maximum absolute atomic E-state index is 11.8. The second kappa shape index (κ2) is 7.02. The third-order valence-electron chi connectivity index (χ3n) is 3.07. The van der Waals surface area contributed by atoms with Gasteiger partial charge in [-0.05, 0) is 19.8 Å². The fourth-order valence-electron chi connectivity index (χ4n) is 2.16. The van der Waals surface area contributed by atoms with Crippen molar-refractivity contribution < 1.29 is 4.79 Å². The van der Waals surface area contributed by atoms with Crippen LogP contribution in [0.25, 0.3) is 5.95 Å². The Bertz CT molecular complexity index is 717. The first-order valence-electron chi connectivity index (χ1n) is 7.50. The Morgan fingerprint density at radius 2 is 2.09 bits per heavy atom. The molecule has 0 aromatic carbocycles. The molecule has 1 amide bonds. The van der Waals surface area contributed by atoms with Crippen molar-refractivity contribution in [2.75, 3.05) is 5.32 Å². The number of H-pyrrole nitrogens is 1. The van der Waals surface area contributed by atoms with Gasteiger partial charge in [0.05, 0.1) is 5.69 Å². The fourth-order valence-corrected chi connectivity index (χ4v) is 2.16. The third-order valence-corrected chi connectivity index (χ3v) is 3.07. The van der Waals surface area contributed by atoms with Crippen LogP contribution in [0.15, 0.2) is 16.9 Å². The predicted octanol–water partition coefficient (Wildman–Crippen LogP) is 1.96. The Morgan fingerprint density at radius 3 is 2.77 bits per heavy atom. The zero-order valence-corrected chi connectivity index (χ0v) is 13.1. The van der Waals surface area contributed by atoms with Crippen LogP contribution >= 0.6 is 0 Å². The quantitative estimate of drug-likeness (QED) is 0.853. The van der Waals surface area contributed by atoms with Gasteiger partial charge in [-0.1, -0.05) is 20.3 Å². The first kappa shape index (κ1) is 15.9. The topological polar surface area (TPSA) is 92.7 Å². The summed E-state index contributed by atoms with van der Waals surface area (Å²) in [6, 6.07) is 3.23. The molecule has 0 aliphatic heterocycles. The number of nitrogens with zero attached hydrogens (tertiary/aromatic N) is 3. The summed E-state index contributed by atoms with van der Waals surface area (Å²) in [5.74, 6) is 0.735. The van der Waals surface area contributed by atoms with E-state index in [1.807, 2.05) is 20.8 Å². The smallest absolute Gasteiger partial charge is 0.252 e. The Morgan fingerprint density at radius 1 is 1.32 bits per heavy atom. The monoisotopic (exact) mass is 303 g/mol. The van der Waals surface area contributed by atoms with Crippen LogP contribution in [0.2, 0.25) is 0 Å². The van der Waals surface area contributed by atoms with Gasteiger partial charge in [-0.25, -0.2) is 4.98 Å². The molecule has 7 nitrogen and oxygen atoms in total. The van der Waals surface area contributed by atoms with Crippen LogP contribution in [-0.2, 0) is 11.2 Å². The van der Waals surface area contributed by atoms with Gasteiger partial charge < -0.3 is 5.32 Å². The molecular weight excluding hydrogens is 282 g/mol. The van der Waals surface area contributed by atoms with Crippen LogP contribution in [0.1, 0.15) is 44.5 Å². The largest absolute Gasteiger partial charge is 0.310 e. The summed E-state index contributed by atoms with van der Waals surface area (Å²) in [5, 5.41) is 7.11. The molecule has 2 heterocycles. The van der Waals surface area contributed by atoms with E-state index in [0.717, 1.165) is 18.5 Å². The number of carbonyl (C=O) groups excluding carboxylic acids is 1. The summed E-state index contributed by atoms with van der Waals surface area (Å²) in [4.78, 5) is 30.7. The van der Waals surface area contributed by atoms with Crippen LogP contribution in [0.5, 0.6) is 0 Å². The Labute approximate surface area is 128 Å². The first-order valence-corrected chi connectivity index (χ1v) is 7.50. The van der Waals surface area contributed by atoms with Crippen molar-refractivity contribution >= 4 is 11.7 Å². The molecule has 7 heteroatoms. The van der Waals surface area contributed by atoms with Gasteiger partial charge in [-0.15, -0.1) is 0 Å². The second-order valence-corrected chi connectivity index (χ2v) is 5.19. The van der Waals surface area contributed by atoms with E-state index in [1.54, 1.807) is 6.07 Å². The molecule has 0 aliphatic carbocycles. The van der Waals surface area contributed by atoms with Gasteiger partial charge in [0.15, 0.2) is 0 Å². The average Bonchev–Trinajstić information content (AvgIpc) is 2.79. The molecule has 2 N–H and O–H groups in total. The number of rotatable bonds is 6. The van der Waals surface area contributed by atoms with Gasteiger partial charge >= 0.3 is 0 Å². The standard InChI is InChI=1S/C15H21N5O2/c1-4-6-11-9-14(22)18-15(16-11)20-12(8-10(3)19-20)17-13(21)7-5-2/h8-9H,4-7H2,1-3H3,(H,17,21)(H,16,18,22). The number of hydrogen-bond donors (Lipinski definition) is 2. The molecule has 0 atom stereocenters. The van der Waals surface area contributed by atoms with Crippen molar-refractivity contribution in [3.63, 3.8) is 0 Å². The molecule has 0 saturated heterocycles. The van der Waals surface area contributed by atoms with E-state index in [9.17, 15) is 9.59 Å². The summed E-state index contributed by atoms with van der Waals surface area (Å²) in [6.07, 6.45) is 2.81. The summed E-state index contributed by atoms with van der Waals surface area (Å²) in [6.45, 7) is 5.78. The van der Waals surface area contributed by atoms with Crippen molar-refractivity contribution in [1.82, 2.24) is 19.7 Å². The molecule has 0 aliphatic rings. The Kier molecular flexibility index (Phi) is 5.08. The van der Waals surface area contributed by atoms with Gasteiger partial charge in [-0.2, -0.15) is 9.78 Å². The van der Waals surface area contributed by atoms with Gasteiger partial charge in [-0.3, -0.25) is 14.6 Å². The highest BCUT2D eigenvalue weighted by Crippen LogP contribution is 2.14. The minimum absolute atomic E-state index is 0.0873. The summed E-state index contributed by atoms with van der Waals surface area (Å²) < 4.78 is 1.46. The second-order valence-electron chi connectivity index (χ2n) is 5.19. The average molecular weight is 303 g/mol. The molecule has 0 spiro atoms. The maximum Gasteiger partial charge on any atom is 0.252 e. The zero-order chi connectivity index (χ0) is 16.1. The van der Waals surface area contributed by atoms with Gasteiger partial charge in [0, 0.05) is 24.2 Å². The highest BCUT2D eigenvalue weighted by atomic mass is 16.1. The molecule has 0 unspecified atom stereocenters. The van der Waals surface area contributed by atoms with E-state index < -0.39 is 0 Å². The van der Waals surface area contributed by atoms with E-state index in [2.05, 4.69) is 20.4 Å². The minimum atomic E-state index is -0.229. The number of aromatic amines is 1. The number of hydrogen-bond acceptors (Lipinski definition) is 4. The first-order chi connectivity index (χ1) is 10.5. The highest BCUT2D eigenvalue weighted by Gasteiger charge is 2.13. The number of aromatic nitrogens is 4. The summed E-state index contributed by atoms with van der Waals surface area (Å²) >= 11 is 0. The van der Waals surface area contributed by atoms with Crippen LogP contribution in [0.4, 0.5) is 5.82 Å². The number of nitrogens with one attached hydrogen (secondary N) is 2. The fraction of sp³-hybridized carbons (Fsp3) is 0.467. The Hall–Kier alpha value is -2.44. The molecule has 0 radical (unpaired) electrons.